The molecule has 0 saturated heterocycles. The first-order valence-corrected chi connectivity index (χ1v) is 7.96. The van der Waals surface area contributed by atoms with Gasteiger partial charge in [0.1, 0.15) is 12.1 Å². The second-order valence-electron chi connectivity index (χ2n) is 5.89. The minimum atomic E-state index is 0.559. The third-order valence-corrected chi connectivity index (χ3v) is 4.45. The van der Waals surface area contributed by atoms with Crippen molar-refractivity contribution in [2.75, 3.05) is 19.5 Å². The van der Waals surface area contributed by atoms with Crippen LogP contribution in [0, 0.1) is 13.8 Å². The molecule has 3 aromatic heterocycles. The standard InChI is InChI=1S/C18H18N6O/c1-10-5-6-14(25-4)11(2)15(10)13-7-12-8-20-18(19-3)22-16(12)24-9-21-23-17(13)24/h5-9H,1-4H3,(H,19,20,22). The average Bonchev–Trinajstić information content (AvgIpc) is 3.12. The number of pyridine rings is 1. The van der Waals surface area contributed by atoms with Crippen molar-refractivity contribution in [2.24, 2.45) is 0 Å². The predicted molar refractivity (Wildman–Crippen MR) is 97.1 cm³/mol. The van der Waals surface area contributed by atoms with E-state index in [9.17, 15) is 0 Å². The SMILES string of the molecule is CNc1ncc2cc(-c3c(C)ccc(OC)c3C)c3nncn3c2n1. The molecule has 0 spiro atoms. The van der Waals surface area contributed by atoms with E-state index in [1.165, 1.54) is 0 Å². The molecule has 3 heterocycles. The van der Waals surface area contributed by atoms with E-state index in [1.807, 2.05) is 16.7 Å². The molecule has 1 N–H and O–H groups in total. The highest BCUT2D eigenvalue weighted by molar-refractivity contribution is 5.92. The monoisotopic (exact) mass is 334 g/mol. The molecule has 1 aromatic carbocycles. The van der Waals surface area contributed by atoms with Crippen molar-refractivity contribution in [3.05, 3.63) is 41.9 Å². The van der Waals surface area contributed by atoms with E-state index in [1.54, 1.807) is 20.5 Å². The van der Waals surface area contributed by atoms with E-state index < -0.39 is 0 Å². The second kappa shape index (κ2) is 5.70. The zero-order valence-electron chi connectivity index (χ0n) is 14.5. The van der Waals surface area contributed by atoms with Gasteiger partial charge in [-0.05, 0) is 42.7 Å². The Morgan fingerprint density at radius 2 is 2.00 bits per heavy atom. The highest BCUT2D eigenvalue weighted by Gasteiger charge is 2.17. The van der Waals surface area contributed by atoms with Gasteiger partial charge in [0, 0.05) is 24.2 Å². The Bertz CT molecular complexity index is 1100. The maximum atomic E-state index is 5.50. The van der Waals surface area contributed by atoms with Gasteiger partial charge in [0.15, 0.2) is 11.3 Å². The molecule has 25 heavy (non-hydrogen) atoms. The van der Waals surface area contributed by atoms with Gasteiger partial charge in [-0.15, -0.1) is 10.2 Å². The molecule has 0 atom stereocenters. The zero-order valence-corrected chi connectivity index (χ0v) is 14.5. The smallest absolute Gasteiger partial charge is 0.224 e. The molecule has 0 unspecified atom stereocenters. The number of aryl methyl sites for hydroxylation is 1. The van der Waals surface area contributed by atoms with E-state index in [0.29, 0.717) is 5.95 Å². The van der Waals surface area contributed by atoms with Gasteiger partial charge in [0.05, 0.1) is 7.11 Å². The van der Waals surface area contributed by atoms with Crippen molar-refractivity contribution in [2.45, 2.75) is 13.8 Å². The summed E-state index contributed by atoms with van der Waals surface area (Å²) in [5.41, 5.74) is 5.82. The molecule has 7 nitrogen and oxygen atoms in total. The summed E-state index contributed by atoms with van der Waals surface area (Å²) in [4.78, 5) is 8.87. The van der Waals surface area contributed by atoms with Gasteiger partial charge < -0.3 is 10.1 Å². The molecule has 0 fully saturated rings. The Hall–Kier alpha value is -3.22. The number of anilines is 1. The lowest BCUT2D eigenvalue weighted by molar-refractivity contribution is 0.412. The molecule has 4 aromatic rings. The van der Waals surface area contributed by atoms with Crippen LogP contribution in [0.1, 0.15) is 11.1 Å². The lowest BCUT2D eigenvalue weighted by Gasteiger charge is -2.15. The molecule has 7 heteroatoms. The van der Waals surface area contributed by atoms with Crippen LogP contribution in [0.3, 0.4) is 0 Å². The molecule has 0 amide bonds. The fourth-order valence-corrected chi connectivity index (χ4v) is 3.24. The number of fused-ring (bicyclic) bond motifs is 3. The summed E-state index contributed by atoms with van der Waals surface area (Å²) < 4.78 is 7.39. The molecule has 4 rings (SSSR count). The van der Waals surface area contributed by atoms with E-state index in [0.717, 1.165) is 44.7 Å². The summed E-state index contributed by atoms with van der Waals surface area (Å²) in [6.07, 6.45) is 3.49. The summed E-state index contributed by atoms with van der Waals surface area (Å²) >= 11 is 0. The number of rotatable bonds is 3. The first-order valence-electron chi connectivity index (χ1n) is 7.96. The number of hydrogen-bond donors (Lipinski definition) is 1. The average molecular weight is 334 g/mol. The van der Waals surface area contributed by atoms with Crippen molar-refractivity contribution >= 4 is 22.6 Å². The van der Waals surface area contributed by atoms with Crippen molar-refractivity contribution in [1.82, 2.24) is 24.6 Å². The maximum absolute atomic E-state index is 5.50. The molecular formula is C18H18N6O. The van der Waals surface area contributed by atoms with E-state index in [-0.39, 0.29) is 0 Å². The third-order valence-electron chi connectivity index (χ3n) is 4.45. The Balaban J connectivity index is 2.11. The molecule has 126 valence electrons. The largest absolute Gasteiger partial charge is 0.496 e. The Morgan fingerprint density at radius 3 is 2.76 bits per heavy atom. The summed E-state index contributed by atoms with van der Waals surface area (Å²) in [5.74, 6) is 1.41. The molecule has 0 bridgehead atoms. The maximum Gasteiger partial charge on any atom is 0.224 e. The van der Waals surface area contributed by atoms with E-state index >= 15 is 0 Å². The quantitative estimate of drug-likeness (QED) is 0.620. The minimum Gasteiger partial charge on any atom is -0.496 e. The Morgan fingerprint density at radius 1 is 1.16 bits per heavy atom. The highest BCUT2D eigenvalue weighted by Crippen LogP contribution is 2.36. The second-order valence-corrected chi connectivity index (χ2v) is 5.89. The van der Waals surface area contributed by atoms with E-state index in [4.69, 9.17) is 4.74 Å². The van der Waals surface area contributed by atoms with Crippen LogP contribution in [0.15, 0.2) is 30.7 Å². The number of methoxy groups -OCH3 is 1. The van der Waals surface area contributed by atoms with Crippen LogP contribution in [0.4, 0.5) is 5.95 Å². The van der Waals surface area contributed by atoms with Gasteiger partial charge >= 0.3 is 0 Å². The Labute approximate surface area is 144 Å². The minimum absolute atomic E-state index is 0.559. The van der Waals surface area contributed by atoms with Crippen molar-refractivity contribution in [3.8, 4) is 16.9 Å². The van der Waals surface area contributed by atoms with Crippen LogP contribution >= 0.6 is 0 Å². The molecule has 0 saturated carbocycles. The lowest BCUT2D eigenvalue weighted by Crippen LogP contribution is -2.01. The van der Waals surface area contributed by atoms with Gasteiger partial charge in [-0.25, -0.2) is 4.98 Å². The molecule has 0 aliphatic heterocycles. The highest BCUT2D eigenvalue weighted by atomic mass is 16.5. The summed E-state index contributed by atoms with van der Waals surface area (Å²) in [7, 11) is 3.48. The number of hydrogen-bond acceptors (Lipinski definition) is 6. The molecule has 0 aliphatic rings. The van der Waals surface area contributed by atoms with Crippen molar-refractivity contribution < 1.29 is 4.74 Å². The first kappa shape index (κ1) is 15.3. The normalized spacial score (nSPS) is 11.2. The Kier molecular flexibility index (Phi) is 3.49. The lowest BCUT2D eigenvalue weighted by atomic mass is 9.95. The molecule has 0 aliphatic carbocycles. The van der Waals surface area contributed by atoms with Crippen LogP contribution < -0.4 is 10.1 Å². The predicted octanol–water partition coefficient (Wildman–Crippen LogP) is 3.01. The topological polar surface area (TPSA) is 77.2 Å². The number of nitrogens with zero attached hydrogens (tertiary/aromatic N) is 5. The van der Waals surface area contributed by atoms with Gasteiger partial charge in [-0.2, -0.15) is 4.98 Å². The number of ether oxygens (including phenoxy) is 1. The van der Waals surface area contributed by atoms with Crippen molar-refractivity contribution in [3.63, 3.8) is 0 Å². The summed E-state index contributed by atoms with van der Waals surface area (Å²) in [6.45, 7) is 4.14. The van der Waals surface area contributed by atoms with Crippen LogP contribution in [0.2, 0.25) is 0 Å². The van der Waals surface area contributed by atoms with E-state index in [2.05, 4.69) is 51.5 Å². The number of benzene rings is 1. The third kappa shape index (κ3) is 2.27. The van der Waals surface area contributed by atoms with Gasteiger partial charge in [-0.1, -0.05) is 6.07 Å². The van der Waals surface area contributed by atoms with Crippen LogP contribution in [-0.4, -0.2) is 38.7 Å². The number of nitrogens with one attached hydrogen (secondary N) is 1. The molecule has 0 radical (unpaired) electrons. The molecular weight excluding hydrogens is 316 g/mol. The fourth-order valence-electron chi connectivity index (χ4n) is 3.24. The first-order chi connectivity index (χ1) is 12.1. The van der Waals surface area contributed by atoms with Gasteiger partial charge in [0.2, 0.25) is 5.95 Å². The zero-order chi connectivity index (χ0) is 17.6. The van der Waals surface area contributed by atoms with Crippen LogP contribution in [0.25, 0.3) is 27.8 Å². The van der Waals surface area contributed by atoms with Gasteiger partial charge in [-0.3, -0.25) is 4.40 Å². The summed E-state index contributed by atoms with van der Waals surface area (Å²) in [6, 6.07) is 6.10. The fraction of sp³-hybridized carbons (Fsp3) is 0.222. The summed E-state index contributed by atoms with van der Waals surface area (Å²) in [5, 5.41) is 12.3. The van der Waals surface area contributed by atoms with Crippen LogP contribution in [0.5, 0.6) is 5.75 Å². The number of aromatic nitrogens is 5. The van der Waals surface area contributed by atoms with Crippen molar-refractivity contribution in [1.29, 1.82) is 0 Å². The van der Waals surface area contributed by atoms with Crippen LogP contribution in [-0.2, 0) is 0 Å². The van der Waals surface area contributed by atoms with Gasteiger partial charge in [0.25, 0.3) is 0 Å².